The zero-order valence-electron chi connectivity index (χ0n) is 14.4. The number of benzene rings is 3. The average Bonchev–Trinajstić information content (AvgIpc) is 2.66. The van der Waals surface area contributed by atoms with Crippen molar-refractivity contribution in [1.29, 1.82) is 0 Å². The zero-order valence-corrected chi connectivity index (χ0v) is 16.0. The van der Waals surface area contributed by atoms with Gasteiger partial charge >= 0.3 is 0 Å². The van der Waals surface area contributed by atoms with E-state index in [2.05, 4.69) is 5.32 Å². The Balaban J connectivity index is 1.85. The van der Waals surface area contributed by atoms with Gasteiger partial charge in [0.15, 0.2) is 0 Å². The molecule has 0 unspecified atom stereocenters. The minimum atomic E-state index is -4.49. The van der Waals surface area contributed by atoms with Gasteiger partial charge in [-0.2, -0.15) is 0 Å². The molecule has 3 aromatic rings. The van der Waals surface area contributed by atoms with Crippen LogP contribution in [-0.4, -0.2) is 14.3 Å². The largest absolute Gasteiger partial charge is 0.319 e. The predicted molar refractivity (Wildman–Crippen MR) is 103 cm³/mol. The molecule has 0 spiro atoms. The molecule has 10 heteroatoms. The maximum Gasteiger partial charge on any atom is 0.262 e. The molecule has 0 radical (unpaired) electrons. The highest BCUT2D eigenvalue weighted by Crippen LogP contribution is 2.25. The number of carbonyl (C=O) groups is 1. The summed E-state index contributed by atoms with van der Waals surface area (Å²) in [4.78, 5) is 11.6. The Labute approximate surface area is 169 Å². The van der Waals surface area contributed by atoms with Crippen LogP contribution in [0.5, 0.6) is 0 Å². The van der Waals surface area contributed by atoms with Crippen molar-refractivity contribution in [3.05, 3.63) is 88.7 Å². The molecule has 29 heavy (non-hydrogen) atoms. The van der Waals surface area contributed by atoms with Crippen molar-refractivity contribution in [3.8, 4) is 0 Å². The Morgan fingerprint density at radius 1 is 0.862 bits per heavy atom. The summed E-state index contributed by atoms with van der Waals surface area (Å²) in [5.74, 6) is -4.02. The Kier molecular flexibility index (Phi) is 5.81. The molecule has 3 aromatic carbocycles. The summed E-state index contributed by atoms with van der Waals surface area (Å²) in [5.41, 5.74) is -1.09. The third-order valence-electron chi connectivity index (χ3n) is 3.82. The predicted octanol–water partition coefficient (Wildman–Crippen LogP) is 4.81. The monoisotopic (exact) mass is 440 g/mol. The van der Waals surface area contributed by atoms with Crippen molar-refractivity contribution in [2.24, 2.45) is 0 Å². The average molecular weight is 441 g/mol. The van der Waals surface area contributed by atoms with Crippen molar-refractivity contribution in [2.45, 2.75) is 4.90 Å². The highest BCUT2D eigenvalue weighted by molar-refractivity contribution is 7.92. The number of para-hydroxylation sites is 1. The van der Waals surface area contributed by atoms with E-state index >= 15 is 0 Å². The first-order valence-corrected chi connectivity index (χ1v) is 9.87. The smallest absolute Gasteiger partial charge is 0.262 e. The molecule has 0 bridgehead atoms. The fourth-order valence-corrected chi connectivity index (χ4v) is 3.70. The van der Waals surface area contributed by atoms with Crippen LogP contribution < -0.4 is 10.0 Å². The van der Waals surface area contributed by atoms with Crippen molar-refractivity contribution >= 4 is 38.9 Å². The number of hydrogen-bond acceptors (Lipinski definition) is 3. The quantitative estimate of drug-likeness (QED) is 0.597. The molecule has 0 aromatic heterocycles. The first-order valence-electron chi connectivity index (χ1n) is 8.01. The summed E-state index contributed by atoms with van der Waals surface area (Å²) < 4.78 is 68.1. The van der Waals surface area contributed by atoms with E-state index in [1.807, 2.05) is 0 Å². The minimum Gasteiger partial charge on any atom is -0.319 e. The van der Waals surface area contributed by atoms with E-state index in [1.165, 1.54) is 12.1 Å². The lowest BCUT2D eigenvalue weighted by Crippen LogP contribution is -2.17. The van der Waals surface area contributed by atoms with E-state index in [-0.39, 0.29) is 16.3 Å². The molecule has 0 aliphatic heterocycles. The molecular weight excluding hydrogens is 429 g/mol. The summed E-state index contributed by atoms with van der Waals surface area (Å²) >= 11 is 5.91. The van der Waals surface area contributed by atoms with Crippen LogP contribution >= 0.6 is 11.6 Å². The molecule has 0 atom stereocenters. The number of rotatable bonds is 5. The van der Waals surface area contributed by atoms with Crippen LogP contribution in [0.4, 0.5) is 24.5 Å². The maximum atomic E-state index is 14.4. The van der Waals surface area contributed by atoms with Crippen molar-refractivity contribution in [1.82, 2.24) is 0 Å². The Bertz CT molecular complexity index is 1180. The molecule has 1 amide bonds. The lowest BCUT2D eigenvalue weighted by atomic mass is 10.2. The lowest BCUT2D eigenvalue weighted by molar-refractivity contribution is 0.102. The summed E-state index contributed by atoms with van der Waals surface area (Å²) in [7, 11) is -4.49. The Morgan fingerprint density at radius 2 is 1.52 bits per heavy atom. The molecule has 0 saturated heterocycles. The van der Waals surface area contributed by atoms with Gasteiger partial charge in [-0.15, -0.1) is 0 Å². The van der Waals surface area contributed by atoms with Crippen LogP contribution in [0.1, 0.15) is 10.4 Å². The van der Waals surface area contributed by atoms with Crippen LogP contribution in [0.25, 0.3) is 0 Å². The van der Waals surface area contributed by atoms with E-state index in [9.17, 15) is 26.4 Å². The summed E-state index contributed by atoms with van der Waals surface area (Å²) in [5, 5.41) is 2.43. The summed E-state index contributed by atoms with van der Waals surface area (Å²) in [6.45, 7) is 0. The van der Waals surface area contributed by atoms with Crippen molar-refractivity contribution in [2.75, 3.05) is 10.0 Å². The van der Waals surface area contributed by atoms with Gasteiger partial charge in [0.2, 0.25) is 0 Å². The van der Waals surface area contributed by atoms with E-state index in [0.717, 1.165) is 30.3 Å². The Hall–Kier alpha value is -3.04. The Morgan fingerprint density at radius 3 is 2.14 bits per heavy atom. The van der Waals surface area contributed by atoms with Gasteiger partial charge in [-0.05, 0) is 42.5 Å². The van der Waals surface area contributed by atoms with Gasteiger partial charge < -0.3 is 5.32 Å². The first-order chi connectivity index (χ1) is 13.7. The maximum absolute atomic E-state index is 14.4. The van der Waals surface area contributed by atoms with Gasteiger partial charge in [0.25, 0.3) is 15.9 Å². The highest BCUT2D eigenvalue weighted by atomic mass is 35.5. The van der Waals surface area contributed by atoms with Gasteiger partial charge in [0.05, 0.1) is 21.2 Å². The van der Waals surface area contributed by atoms with Crippen molar-refractivity contribution in [3.63, 3.8) is 0 Å². The molecule has 2 N–H and O–H groups in total. The van der Waals surface area contributed by atoms with Crippen LogP contribution in [0.3, 0.4) is 0 Å². The van der Waals surface area contributed by atoms with Gasteiger partial charge in [-0.25, -0.2) is 21.6 Å². The normalized spacial score (nSPS) is 11.2. The van der Waals surface area contributed by atoms with E-state index in [0.29, 0.717) is 6.07 Å². The van der Waals surface area contributed by atoms with E-state index in [1.54, 1.807) is 16.9 Å². The van der Waals surface area contributed by atoms with Gasteiger partial charge in [0.1, 0.15) is 23.1 Å². The standard InChI is InChI=1S/C19H12ClF3N2O3S/c20-13-5-2-1-4-12(13)19(26)24-17-9-8-11(10-16(17)23)29(27,28)25-18-14(21)6-3-7-15(18)22/h1-10,25H,(H,24,26). The molecule has 5 nitrogen and oxygen atoms in total. The molecule has 0 fully saturated rings. The summed E-state index contributed by atoms with van der Waals surface area (Å²) in [6, 6.07) is 11.5. The summed E-state index contributed by atoms with van der Waals surface area (Å²) in [6.07, 6.45) is 0. The van der Waals surface area contributed by atoms with Crippen LogP contribution in [0.15, 0.2) is 65.6 Å². The van der Waals surface area contributed by atoms with Crippen molar-refractivity contribution < 1.29 is 26.4 Å². The molecule has 0 saturated carbocycles. The fraction of sp³-hybridized carbons (Fsp3) is 0. The molecule has 0 heterocycles. The SMILES string of the molecule is O=C(Nc1ccc(S(=O)(=O)Nc2c(F)cccc2F)cc1F)c1ccccc1Cl. The minimum absolute atomic E-state index is 0.0990. The number of hydrogen-bond donors (Lipinski definition) is 2. The second-order valence-electron chi connectivity index (χ2n) is 5.78. The second-order valence-corrected chi connectivity index (χ2v) is 7.87. The number of amides is 1. The third kappa shape index (κ3) is 4.52. The zero-order chi connectivity index (χ0) is 21.2. The molecule has 0 aliphatic carbocycles. The number of halogens is 4. The van der Waals surface area contributed by atoms with E-state index in [4.69, 9.17) is 11.6 Å². The highest BCUT2D eigenvalue weighted by Gasteiger charge is 2.21. The van der Waals surface area contributed by atoms with Gasteiger partial charge in [-0.1, -0.05) is 29.8 Å². The number of carbonyl (C=O) groups excluding carboxylic acids is 1. The van der Waals surface area contributed by atoms with E-state index < -0.39 is 44.0 Å². The van der Waals surface area contributed by atoms with Crippen LogP contribution in [0.2, 0.25) is 5.02 Å². The van der Waals surface area contributed by atoms with Gasteiger partial charge in [0, 0.05) is 0 Å². The first kappa shape index (κ1) is 20.7. The van der Waals surface area contributed by atoms with Crippen LogP contribution in [-0.2, 0) is 10.0 Å². The van der Waals surface area contributed by atoms with Crippen LogP contribution in [0, 0.1) is 17.5 Å². The number of anilines is 2. The third-order valence-corrected chi connectivity index (χ3v) is 5.49. The molecular formula is C19H12ClF3N2O3S. The topological polar surface area (TPSA) is 75.3 Å². The molecule has 3 rings (SSSR count). The molecule has 0 aliphatic rings. The number of nitrogens with one attached hydrogen (secondary N) is 2. The number of sulfonamides is 1. The fourth-order valence-electron chi connectivity index (χ4n) is 2.39. The van der Waals surface area contributed by atoms with Gasteiger partial charge in [-0.3, -0.25) is 9.52 Å². The molecule has 150 valence electrons. The second kappa shape index (κ2) is 8.14. The lowest BCUT2D eigenvalue weighted by Gasteiger charge is -2.12.